The first-order chi connectivity index (χ1) is 30.1. The maximum atomic E-state index is 11.9. The molecule has 19 heteroatoms. The van der Waals surface area contributed by atoms with E-state index in [1.165, 1.54) is 11.1 Å². The summed E-state index contributed by atoms with van der Waals surface area (Å²) in [5.74, 6) is 12.9. The number of rotatable bonds is 26. The van der Waals surface area contributed by atoms with Gasteiger partial charge in [-0.15, -0.1) is 10.7 Å². The Morgan fingerprint density at radius 2 is 1.33 bits per heavy atom. The second-order valence-corrected chi connectivity index (χ2v) is 18.3. The van der Waals surface area contributed by atoms with E-state index in [9.17, 15) is 28.8 Å². The molecule has 1 aromatic heterocycles. The van der Waals surface area contributed by atoms with Crippen LogP contribution < -0.4 is 0 Å². The number of ether oxygens (including phenoxy) is 6. The number of hydrogen-bond donors (Lipinski definition) is 3. The van der Waals surface area contributed by atoms with Crippen molar-refractivity contribution < 1.29 is 70.8 Å². The van der Waals surface area contributed by atoms with E-state index in [2.05, 4.69) is 74.0 Å². The Bertz CT molecular complexity index is 2180. The van der Waals surface area contributed by atoms with Crippen molar-refractivity contribution in [2.75, 3.05) is 92.0 Å². The minimum Gasteiger partial charge on any atom is -0.478 e. The van der Waals surface area contributed by atoms with Crippen molar-refractivity contribution >= 4 is 38.9 Å². The fraction of sp³-hybridized carbons (Fsp3) is 0.545. The maximum absolute atomic E-state index is 11.9. The van der Waals surface area contributed by atoms with E-state index in [0.29, 0.717) is 0 Å². The summed E-state index contributed by atoms with van der Waals surface area (Å²) in [4.78, 5) is 31.2. The number of benzene rings is 1. The highest BCUT2D eigenvalue weighted by atomic mass is 31.2. The van der Waals surface area contributed by atoms with Gasteiger partial charge in [-0.3, -0.25) is 9.13 Å². The average Bonchev–Trinajstić information content (AvgIpc) is 3.65. The topological polar surface area (TPSA) is 196 Å². The van der Waals surface area contributed by atoms with E-state index in [0.717, 1.165) is 57.9 Å². The molecule has 1 aromatic carbocycles. The lowest BCUT2D eigenvalue weighted by Gasteiger charge is -2.39. The van der Waals surface area contributed by atoms with Crippen molar-refractivity contribution in [3.8, 4) is 23.5 Å². The van der Waals surface area contributed by atoms with Crippen molar-refractivity contribution in [1.82, 2.24) is 4.48 Å². The van der Waals surface area contributed by atoms with Gasteiger partial charge in [0.05, 0.1) is 64.0 Å². The maximum Gasteiger partial charge on any atom is 0.520 e. The molecule has 2 unspecified atom stereocenters. The second kappa shape index (κ2) is 24.6. The quantitative estimate of drug-likeness (QED) is 0.0318. The number of carboxylic acids is 1. The Morgan fingerprint density at radius 3 is 1.89 bits per heavy atom. The van der Waals surface area contributed by atoms with E-state index < -0.39 is 40.3 Å². The van der Waals surface area contributed by atoms with Gasteiger partial charge in [0, 0.05) is 23.8 Å². The van der Waals surface area contributed by atoms with Crippen LogP contribution in [-0.4, -0.2) is 134 Å². The van der Waals surface area contributed by atoms with Gasteiger partial charge >= 0.3 is 27.6 Å². The molecule has 0 fully saturated rings. The predicted octanol–water partition coefficient (Wildman–Crippen LogP) is 6.19. The van der Waals surface area contributed by atoms with Gasteiger partial charge in [-0.25, -0.2) is 4.79 Å². The van der Waals surface area contributed by atoms with Crippen LogP contribution in [0.3, 0.4) is 0 Å². The van der Waals surface area contributed by atoms with E-state index in [1.807, 2.05) is 12.1 Å². The third-order valence-corrected chi connectivity index (χ3v) is 13.0. The molecule has 16 nitrogen and oxygen atoms in total. The zero-order valence-corrected chi connectivity index (χ0v) is 39.6. The average molecular weight is 917 g/mol. The van der Waals surface area contributed by atoms with Crippen LogP contribution in [0.4, 0.5) is 0 Å². The lowest BCUT2D eigenvalue weighted by atomic mass is 9.45. The lowest BCUT2D eigenvalue weighted by molar-refractivity contribution is -0.330. The summed E-state index contributed by atoms with van der Waals surface area (Å²) in [5.41, 5.74) is 10.6. The molecule has 0 saturated carbocycles. The van der Waals surface area contributed by atoms with Gasteiger partial charge < -0.3 is 56.6 Å². The minimum atomic E-state index is -3.77. The van der Waals surface area contributed by atoms with Crippen LogP contribution >= 0.6 is 15.2 Å². The minimum absolute atomic E-state index is 0.0872. The molecule has 0 aliphatic carbocycles. The molecule has 0 amide bonds. The van der Waals surface area contributed by atoms with Crippen molar-refractivity contribution in [2.45, 2.75) is 68.2 Å². The number of hydrogen-bond acceptors (Lipinski definition) is 11. The third kappa shape index (κ3) is 13.2. The molecule has 63 heavy (non-hydrogen) atoms. The lowest BCUT2D eigenvalue weighted by Crippen LogP contribution is -2.57. The molecule has 3 N–H and O–H groups in total. The Labute approximate surface area is 371 Å². The van der Waals surface area contributed by atoms with E-state index >= 15 is 0 Å². The Kier molecular flexibility index (Phi) is 20.3. The first-order valence-corrected chi connectivity index (χ1v) is 24.8. The molecule has 1 radical (unpaired) electrons. The van der Waals surface area contributed by atoms with Crippen molar-refractivity contribution in [1.29, 1.82) is 0 Å². The largest absolute Gasteiger partial charge is 0.520 e. The van der Waals surface area contributed by atoms with Gasteiger partial charge in [-0.1, -0.05) is 26.0 Å². The SMILES string of the molecule is CCOP(=O)(O)COCCOCCOCC#C[B-]1(C#CC[O+]CCOCCOCP(=O)(O)OCC)n2c(C)c(CC)c(C)c2C(c2ccc(C(=O)O)cc2)=C2C(C)=C(CC)C(C)=[N+]21. The van der Waals surface area contributed by atoms with Gasteiger partial charge in [0.25, 0.3) is 6.61 Å². The zero-order valence-electron chi connectivity index (χ0n) is 37.8. The Balaban J connectivity index is 1.65. The molecule has 0 saturated heterocycles. The molecule has 2 aliphatic rings. The highest BCUT2D eigenvalue weighted by molar-refractivity contribution is 7.52. The van der Waals surface area contributed by atoms with Gasteiger partial charge in [-0.2, -0.15) is 11.6 Å². The predicted molar refractivity (Wildman–Crippen MR) is 241 cm³/mol. The molecule has 4 rings (SSSR count). The van der Waals surface area contributed by atoms with Crippen LogP contribution in [0.1, 0.15) is 86.4 Å². The molecule has 2 aliphatic heterocycles. The summed E-state index contributed by atoms with van der Waals surface area (Å²) in [6, 6.07) is 7.01. The summed E-state index contributed by atoms with van der Waals surface area (Å²) in [7, 11) is -7.54. The highest BCUT2D eigenvalue weighted by Crippen LogP contribution is 2.46. The van der Waals surface area contributed by atoms with Crippen LogP contribution in [0.25, 0.3) is 5.57 Å². The molecular weight excluding hydrogens is 853 g/mol. The van der Waals surface area contributed by atoms with Crippen LogP contribution in [0.15, 0.2) is 41.1 Å². The normalized spacial score (nSPS) is 17.7. The van der Waals surface area contributed by atoms with Crippen molar-refractivity contribution in [3.05, 3.63) is 74.8 Å². The molecule has 0 spiro atoms. The molecule has 2 aromatic rings. The van der Waals surface area contributed by atoms with E-state index in [-0.39, 0.29) is 84.8 Å². The van der Waals surface area contributed by atoms with Gasteiger partial charge in [0.1, 0.15) is 31.6 Å². The standard InChI is InChI=1S/C44H63BN2O14P2/c1-9-39-33(5)42-41(37-15-17-38(18-16-37)44(48)49)43-34(6)40(10-2)36(8)47(43)45(46(42)35(39)7,19-13-21-54-23-25-56-27-29-58-31-62(50,51)60-11-3)20-14-22-55-24-26-57-28-30-59-32-63(52,53)61-12-4/h15-18H,9-12,21-32H2,1-8H3,(H,48,49)(H,50,51)(H,52,53)/q+1. The highest BCUT2D eigenvalue weighted by Gasteiger charge is 2.52. The van der Waals surface area contributed by atoms with Gasteiger partial charge in [0.2, 0.25) is 6.61 Å². The number of carboxylic acid groups (broad SMARTS) is 1. The summed E-state index contributed by atoms with van der Waals surface area (Å²) in [5, 5.41) is 9.74. The zero-order chi connectivity index (χ0) is 46.2. The molecule has 0 bridgehead atoms. The Hall–Kier alpha value is -3.64. The summed E-state index contributed by atoms with van der Waals surface area (Å²) < 4.78 is 71.2. The molecule has 3 heterocycles. The third-order valence-electron chi connectivity index (χ3n) is 10.7. The Morgan fingerprint density at radius 1 is 0.778 bits per heavy atom. The summed E-state index contributed by atoms with van der Waals surface area (Å²) >= 11 is 0. The number of aromatic nitrogens is 1. The van der Waals surface area contributed by atoms with Crippen LogP contribution in [0, 0.1) is 37.3 Å². The summed E-state index contributed by atoms with van der Waals surface area (Å²) in [6.45, 7) is 18.0. The van der Waals surface area contributed by atoms with Gasteiger partial charge in [0.15, 0.2) is 5.70 Å². The van der Waals surface area contributed by atoms with Gasteiger partial charge in [-0.05, 0) is 87.9 Å². The number of carbonyl (C=O) groups is 1. The van der Waals surface area contributed by atoms with Crippen molar-refractivity contribution in [2.24, 2.45) is 0 Å². The fourth-order valence-electron chi connectivity index (χ4n) is 8.11. The van der Waals surface area contributed by atoms with Crippen LogP contribution in [-0.2, 0) is 53.0 Å². The summed E-state index contributed by atoms with van der Waals surface area (Å²) in [6.07, 6.45) is -1.53. The second-order valence-electron chi connectivity index (χ2n) is 14.7. The monoisotopic (exact) mass is 916 g/mol. The number of aromatic carboxylic acids is 1. The van der Waals surface area contributed by atoms with E-state index in [1.54, 1.807) is 26.0 Å². The number of nitrogens with zero attached hydrogens (tertiary/aromatic N) is 2. The first kappa shape index (κ1) is 52.0. The fourth-order valence-corrected chi connectivity index (χ4v) is 9.79. The number of fused-ring (bicyclic) bond motifs is 2. The van der Waals surface area contributed by atoms with Crippen LogP contribution in [0.5, 0.6) is 0 Å². The first-order valence-electron chi connectivity index (χ1n) is 21.3. The van der Waals surface area contributed by atoms with E-state index in [4.69, 9.17) is 37.5 Å². The number of allylic oxidation sites excluding steroid dienone is 2. The smallest absolute Gasteiger partial charge is 0.478 e. The van der Waals surface area contributed by atoms with Crippen molar-refractivity contribution in [3.63, 3.8) is 0 Å². The molecular formula is C44H63BN2O14P2+. The van der Waals surface area contributed by atoms with Crippen LogP contribution in [0.2, 0.25) is 0 Å². The molecule has 345 valence electrons. The molecule has 2 atom stereocenters.